The summed E-state index contributed by atoms with van der Waals surface area (Å²) in [5, 5.41) is 0. The lowest BCUT2D eigenvalue weighted by Gasteiger charge is -2.35. The fourth-order valence-corrected chi connectivity index (χ4v) is 5.13. The minimum atomic E-state index is 0.752. The maximum atomic E-state index is 2.91. The van der Waals surface area contributed by atoms with Crippen molar-refractivity contribution < 1.29 is 4.90 Å². The summed E-state index contributed by atoms with van der Waals surface area (Å²) in [6.45, 7) is 6.36. The van der Waals surface area contributed by atoms with Gasteiger partial charge in [-0.2, -0.15) is 0 Å². The monoisotopic (exact) mass is 265 g/mol. The Kier molecular flexibility index (Phi) is 4.19. The third kappa shape index (κ3) is 2.58. The number of hydrogen-bond donors (Lipinski definition) is 1. The number of rotatable bonds is 2. The third-order valence-electron chi connectivity index (χ3n) is 6.63. The van der Waals surface area contributed by atoms with E-state index in [1.165, 1.54) is 57.9 Å². The molecule has 2 heteroatoms. The summed E-state index contributed by atoms with van der Waals surface area (Å²) < 4.78 is 0. The van der Waals surface area contributed by atoms with E-state index in [4.69, 9.17) is 0 Å². The summed E-state index contributed by atoms with van der Waals surface area (Å²) in [7, 11) is 2.44. The molecule has 3 rings (SSSR count). The number of nitrogens with zero attached hydrogens (tertiary/aromatic N) is 1. The molecular formula is C17H33N2+. The van der Waals surface area contributed by atoms with Crippen molar-refractivity contribution >= 4 is 0 Å². The van der Waals surface area contributed by atoms with Gasteiger partial charge in [0.25, 0.3) is 0 Å². The molecule has 19 heavy (non-hydrogen) atoms. The van der Waals surface area contributed by atoms with Gasteiger partial charge in [-0.1, -0.05) is 32.6 Å². The van der Waals surface area contributed by atoms with Crippen molar-refractivity contribution in [2.75, 3.05) is 13.6 Å². The summed E-state index contributed by atoms with van der Waals surface area (Å²) in [6, 6.07) is 1.83. The van der Waals surface area contributed by atoms with Crippen molar-refractivity contribution in [3.63, 3.8) is 0 Å². The van der Waals surface area contributed by atoms with Crippen molar-refractivity contribution in [3.8, 4) is 0 Å². The maximum absolute atomic E-state index is 2.91. The molecule has 1 aliphatic heterocycles. The van der Waals surface area contributed by atoms with Gasteiger partial charge >= 0.3 is 0 Å². The van der Waals surface area contributed by atoms with Crippen LogP contribution < -0.4 is 4.90 Å². The van der Waals surface area contributed by atoms with Gasteiger partial charge in [-0.05, 0) is 31.1 Å². The van der Waals surface area contributed by atoms with Gasteiger partial charge in [-0.15, -0.1) is 0 Å². The molecule has 0 bridgehead atoms. The van der Waals surface area contributed by atoms with Crippen LogP contribution in [0.15, 0.2) is 0 Å². The number of likely N-dealkylation sites (N-methyl/N-ethyl adjacent to an activating group) is 1. The Morgan fingerprint density at radius 2 is 1.63 bits per heavy atom. The Bertz CT molecular complexity index is 304. The summed E-state index contributed by atoms with van der Waals surface area (Å²) in [6.07, 6.45) is 12.5. The predicted molar refractivity (Wildman–Crippen MR) is 80.2 cm³/mol. The molecule has 0 amide bonds. The molecule has 6 unspecified atom stereocenters. The van der Waals surface area contributed by atoms with Crippen molar-refractivity contribution in [1.82, 2.24) is 4.90 Å². The van der Waals surface area contributed by atoms with Gasteiger partial charge in [0.1, 0.15) is 12.2 Å². The lowest BCUT2D eigenvalue weighted by atomic mass is 9.79. The van der Waals surface area contributed by atoms with Crippen LogP contribution in [0, 0.1) is 11.8 Å². The SMILES string of the molecule is CC1CCCCC1CN1C2CCCCC2[NH+](C)C1C. The van der Waals surface area contributed by atoms with Gasteiger partial charge in [0.2, 0.25) is 0 Å². The van der Waals surface area contributed by atoms with Crippen LogP contribution >= 0.6 is 0 Å². The summed E-state index contributed by atoms with van der Waals surface area (Å²) in [4.78, 5) is 4.71. The molecule has 110 valence electrons. The second kappa shape index (κ2) is 5.73. The Labute approximate surface area is 119 Å². The molecule has 0 aromatic rings. The standard InChI is InChI=1S/C17H32N2/c1-13-8-4-5-9-15(13)12-19-14(2)18(3)16-10-6-7-11-17(16)19/h13-17H,4-12H2,1-3H3/p+1. The first-order valence-corrected chi connectivity index (χ1v) is 8.77. The van der Waals surface area contributed by atoms with Crippen molar-refractivity contribution in [1.29, 1.82) is 0 Å². The number of hydrogen-bond acceptors (Lipinski definition) is 1. The largest absolute Gasteiger partial charge is 0.319 e. The highest BCUT2D eigenvalue weighted by atomic mass is 15.4. The highest BCUT2D eigenvalue weighted by molar-refractivity contribution is 4.90. The van der Waals surface area contributed by atoms with Gasteiger partial charge in [0.05, 0.1) is 13.1 Å². The van der Waals surface area contributed by atoms with E-state index in [0.29, 0.717) is 0 Å². The van der Waals surface area contributed by atoms with Crippen LogP contribution in [0.4, 0.5) is 0 Å². The van der Waals surface area contributed by atoms with Crippen LogP contribution in [-0.4, -0.2) is 36.7 Å². The van der Waals surface area contributed by atoms with E-state index >= 15 is 0 Å². The molecule has 2 aliphatic carbocycles. The Morgan fingerprint density at radius 1 is 0.947 bits per heavy atom. The van der Waals surface area contributed by atoms with Crippen LogP contribution in [0.1, 0.15) is 65.2 Å². The topological polar surface area (TPSA) is 7.68 Å². The highest BCUT2D eigenvalue weighted by Gasteiger charge is 2.48. The molecule has 1 N–H and O–H groups in total. The first kappa shape index (κ1) is 13.9. The van der Waals surface area contributed by atoms with Gasteiger partial charge in [0, 0.05) is 19.9 Å². The first-order chi connectivity index (χ1) is 9.18. The Balaban J connectivity index is 1.68. The summed E-state index contributed by atoms with van der Waals surface area (Å²) in [5.41, 5.74) is 0. The van der Waals surface area contributed by atoms with Crippen LogP contribution in [0.3, 0.4) is 0 Å². The quantitative estimate of drug-likeness (QED) is 0.805. The molecule has 1 heterocycles. The van der Waals surface area contributed by atoms with Crippen LogP contribution in [-0.2, 0) is 0 Å². The highest BCUT2D eigenvalue weighted by Crippen LogP contribution is 2.33. The number of nitrogens with one attached hydrogen (secondary N) is 1. The van der Waals surface area contributed by atoms with Crippen LogP contribution in [0.2, 0.25) is 0 Å². The second-order valence-corrected chi connectivity index (χ2v) is 7.60. The predicted octanol–water partition coefficient (Wildman–Crippen LogP) is 2.30. The minimum Gasteiger partial charge on any atom is -0.319 e. The van der Waals surface area contributed by atoms with Crippen LogP contribution in [0.5, 0.6) is 0 Å². The lowest BCUT2D eigenvalue weighted by Crippen LogP contribution is -3.15. The van der Waals surface area contributed by atoms with Crippen LogP contribution in [0.25, 0.3) is 0 Å². The molecule has 0 aromatic carbocycles. The van der Waals surface area contributed by atoms with Gasteiger partial charge in [-0.3, -0.25) is 0 Å². The van der Waals surface area contributed by atoms with Gasteiger partial charge in [0.15, 0.2) is 0 Å². The van der Waals surface area contributed by atoms with E-state index in [0.717, 1.165) is 30.1 Å². The summed E-state index contributed by atoms with van der Waals surface area (Å²) >= 11 is 0. The average Bonchev–Trinajstić information content (AvgIpc) is 2.67. The van der Waals surface area contributed by atoms with E-state index in [-0.39, 0.29) is 0 Å². The Morgan fingerprint density at radius 3 is 2.42 bits per heavy atom. The van der Waals surface area contributed by atoms with Crippen molar-refractivity contribution in [2.45, 2.75) is 83.5 Å². The minimum absolute atomic E-state index is 0.752. The van der Waals surface area contributed by atoms with E-state index in [1.807, 2.05) is 0 Å². The smallest absolute Gasteiger partial charge is 0.141 e. The zero-order valence-corrected chi connectivity index (χ0v) is 13.2. The van der Waals surface area contributed by atoms with E-state index in [2.05, 4.69) is 25.8 Å². The average molecular weight is 265 g/mol. The molecule has 3 fully saturated rings. The molecule has 3 aliphatic rings. The second-order valence-electron chi connectivity index (χ2n) is 7.60. The Hall–Kier alpha value is -0.0800. The molecule has 0 aromatic heterocycles. The molecule has 2 saturated carbocycles. The zero-order valence-electron chi connectivity index (χ0n) is 13.2. The molecule has 0 radical (unpaired) electrons. The fraction of sp³-hybridized carbons (Fsp3) is 1.00. The lowest BCUT2D eigenvalue weighted by molar-refractivity contribution is -0.921. The molecule has 0 spiro atoms. The maximum Gasteiger partial charge on any atom is 0.141 e. The van der Waals surface area contributed by atoms with Gasteiger partial charge in [-0.25, -0.2) is 4.90 Å². The third-order valence-corrected chi connectivity index (χ3v) is 6.63. The van der Waals surface area contributed by atoms with Gasteiger partial charge < -0.3 is 4.90 Å². The first-order valence-electron chi connectivity index (χ1n) is 8.77. The van der Waals surface area contributed by atoms with E-state index in [1.54, 1.807) is 4.90 Å². The molecule has 2 nitrogen and oxygen atoms in total. The van der Waals surface area contributed by atoms with Crippen molar-refractivity contribution in [3.05, 3.63) is 0 Å². The normalized spacial score (nSPS) is 48.2. The van der Waals surface area contributed by atoms with E-state index < -0.39 is 0 Å². The number of quaternary nitrogens is 1. The molecule has 1 saturated heterocycles. The zero-order chi connectivity index (χ0) is 13.4. The molecule has 6 atom stereocenters. The number of fused-ring (bicyclic) bond motifs is 1. The summed E-state index contributed by atoms with van der Waals surface area (Å²) in [5.74, 6) is 1.94. The van der Waals surface area contributed by atoms with Crippen molar-refractivity contribution in [2.24, 2.45) is 11.8 Å². The fourth-order valence-electron chi connectivity index (χ4n) is 5.13. The van der Waals surface area contributed by atoms with E-state index in [9.17, 15) is 0 Å². The molecular weight excluding hydrogens is 232 g/mol.